The highest BCUT2D eigenvalue weighted by atomic mass is 16.4. The third kappa shape index (κ3) is 2.82. The molecule has 1 fully saturated rings. The van der Waals surface area contributed by atoms with Gasteiger partial charge in [0.1, 0.15) is 0 Å². The van der Waals surface area contributed by atoms with Crippen molar-refractivity contribution < 1.29 is 19.8 Å². The van der Waals surface area contributed by atoms with Crippen LogP contribution in [0, 0.1) is 0 Å². The molecule has 0 aromatic carbocycles. The standard InChI is InChI=1S/C9H16N2O4/c1-11(6-3-2-4-6)9(15)10-7(5-12)8(13)14/h6-7,12H,2-5H2,1H3,(H,10,15)(H,13,14)/t7-/m0/s1. The monoisotopic (exact) mass is 216 g/mol. The fraction of sp³-hybridized carbons (Fsp3) is 0.778. The number of carboxylic acids is 1. The largest absolute Gasteiger partial charge is 0.480 e. The lowest BCUT2D eigenvalue weighted by molar-refractivity contribution is -0.140. The summed E-state index contributed by atoms with van der Waals surface area (Å²) in [5, 5.41) is 19.6. The van der Waals surface area contributed by atoms with Gasteiger partial charge in [-0.1, -0.05) is 0 Å². The summed E-state index contributed by atoms with van der Waals surface area (Å²) in [6.07, 6.45) is 3.02. The van der Waals surface area contributed by atoms with E-state index in [1.54, 1.807) is 7.05 Å². The molecule has 2 amide bonds. The summed E-state index contributed by atoms with van der Waals surface area (Å²) in [5.41, 5.74) is 0. The molecule has 0 saturated heterocycles. The lowest BCUT2D eigenvalue weighted by Crippen LogP contribution is -2.52. The Kier molecular flexibility index (Phi) is 3.90. The number of hydrogen-bond acceptors (Lipinski definition) is 3. The van der Waals surface area contributed by atoms with E-state index in [0.29, 0.717) is 0 Å². The molecule has 15 heavy (non-hydrogen) atoms. The third-order valence-electron chi connectivity index (χ3n) is 2.72. The zero-order chi connectivity index (χ0) is 11.4. The van der Waals surface area contributed by atoms with Crippen LogP contribution < -0.4 is 5.32 Å². The van der Waals surface area contributed by atoms with Crippen LogP contribution in [0.15, 0.2) is 0 Å². The molecular formula is C9H16N2O4. The summed E-state index contributed by atoms with van der Waals surface area (Å²) in [6, 6.07) is -1.46. The molecule has 6 heteroatoms. The Balaban J connectivity index is 2.42. The van der Waals surface area contributed by atoms with E-state index in [1.807, 2.05) is 0 Å². The Labute approximate surface area is 87.9 Å². The normalized spacial score (nSPS) is 17.7. The topological polar surface area (TPSA) is 89.9 Å². The Bertz CT molecular complexity index is 252. The van der Waals surface area contributed by atoms with E-state index in [2.05, 4.69) is 5.32 Å². The number of carbonyl (C=O) groups excluding carboxylic acids is 1. The second-order valence-corrected chi connectivity index (χ2v) is 3.72. The van der Waals surface area contributed by atoms with Crippen LogP contribution in [-0.4, -0.2) is 52.9 Å². The van der Waals surface area contributed by atoms with Crippen LogP contribution in [0.2, 0.25) is 0 Å². The van der Waals surface area contributed by atoms with E-state index in [9.17, 15) is 9.59 Å². The molecule has 1 aliphatic carbocycles. The lowest BCUT2D eigenvalue weighted by atomic mass is 9.92. The van der Waals surface area contributed by atoms with Gasteiger partial charge in [0.15, 0.2) is 6.04 Å². The van der Waals surface area contributed by atoms with Gasteiger partial charge in [0.2, 0.25) is 0 Å². The fourth-order valence-corrected chi connectivity index (χ4v) is 1.38. The Hall–Kier alpha value is -1.30. The molecule has 86 valence electrons. The molecule has 0 unspecified atom stereocenters. The van der Waals surface area contributed by atoms with Gasteiger partial charge >= 0.3 is 12.0 Å². The van der Waals surface area contributed by atoms with E-state index in [1.165, 1.54) is 4.90 Å². The number of aliphatic carboxylic acids is 1. The summed E-state index contributed by atoms with van der Waals surface area (Å²) < 4.78 is 0. The number of urea groups is 1. The first-order valence-corrected chi connectivity index (χ1v) is 4.93. The van der Waals surface area contributed by atoms with E-state index in [4.69, 9.17) is 10.2 Å². The van der Waals surface area contributed by atoms with Gasteiger partial charge in [0, 0.05) is 13.1 Å². The van der Waals surface area contributed by atoms with Gasteiger partial charge < -0.3 is 20.4 Å². The molecular weight excluding hydrogens is 200 g/mol. The van der Waals surface area contributed by atoms with Gasteiger partial charge in [-0.3, -0.25) is 0 Å². The molecule has 1 aliphatic rings. The number of amides is 2. The van der Waals surface area contributed by atoms with Crippen molar-refractivity contribution in [1.29, 1.82) is 0 Å². The molecule has 6 nitrogen and oxygen atoms in total. The number of carboxylic acid groups (broad SMARTS) is 1. The second kappa shape index (κ2) is 4.97. The molecule has 0 radical (unpaired) electrons. The first-order chi connectivity index (χ1) is 7.06. The minimum Gasteiger partial charge on any atom is -0.480 e. The lowest BCUT2D eigenvalue weighted by Gasteiger charge is -2.35. The Morgan fingerprint density at radius 1 is 1.53 bits per heavy atom. The fourth-order valence-electron chi connectivity index (χ4n) is 1.38. The number of carbonyl (C=O) groups is 2. The summed E-state index contributed by atoms with van der Waals surface area (Å²) in [5.74, 6) is -1.23. The summed E-state index contributed by atoms with van der Waals surface area (Å²) in [4.78, 5) is 23.5. The maximum Gasteiger partial charge on any atom is 0.328 e. The Morgan fingerprint density at radius 3 is 2.47 bits per heavy atom. The molecule has 0 aliphatic heterocycles. The number of rotatable bonds is 4. The maximum atomic E-state index is 11.5. The number of aliphatic hydroxyl groups is 1. The molecule has 1 saturated carbocycles. The van der Waals surface area contributed by atoms with Crippen LogP contribution in [0.5, 0.6) is 0 Å². The molecule has 1 rings (SSSR count). The van der Waals surface area contributed by atoms with Gasteiger partial charge in [-0.25, -0.2) is 9.59 Å². The third-order valence-corrected chi connectivity index (χ3v) is 2.72. The van der Waals surface area contributed by atoms with Crippen molar-refractivity contribution in [3.05, 3.63) is 0 Å². The number of aliphatic hydroxyl groups excluding tert-OH is 1. The first kappa shape index (κ1) is 11.8. The average molecular weight is 216 g/mol. The van der Waals surface area contributed by atoms with Crippen molar-refractivity contribution in [1.82, 2.24) is 10.2 Å². The first-order valence-electron chi connectivity index (χ1n) is 4.93. The number of nitrogens with zero attached hydrogens (tertiary/aromatic N) is 1. The van der Waals surface area contributed by atoms with Crippen molar-refractivity contribution in [2.75, 3.05) is 13.7 Å². The predicted molar refractivity (Wildman–Crippen MR) is 52.4 cm³/mol. The maximum absolute atomic E-state index is 11.5. The molecule has 0 bridgehead atoms. The van der Waals surface area contributed by atoms with Crippen LogP contribution in [0.4, 0.5) is 4.79 Å². The van der Waals surface area contributed by atoms with Crippen LogP contribution in [0.1, 0.15) is 19.3 Å². The average Bonchev–Trinajstić information content (AvgIpc) is 2.10. The summed E-state index contributed by atoms with van der Waals surface area (Å²) in [7, 11) is 1.63. The van der Waals surface area contributed by atoms with Crippen LogP contribution in [0.25, 0.3) is 0 Å². The molecule has 0 spiro atoms. The van der Waals surface area contributed by atoms with Crippen molar-refractivity contribution in [2.24, 2.45) is 0 Å². The predicted octanol–water partition coefficient (Wildman–Crippen LogP) is -0.374. The van der Waals surface area contributed by atoms with Crippen LogP contribution in [0.3, 0.4) is 0 Å². The SMILES string of the molecule is CN(C(=O)N[C@@H](CO)C(=O)O)C1CCC1. The van der Waals surface area contributed by atoms with Crippen LogP contribution >= 0.6 is 0 Å². The highest BCUT2D eigenvalue weighted by Gasteiger charge is 2.28. The van der Waals surface area contributed by atoms with E-state index in [0.717, 1.165) is 19.3 Å². The zero-order valence-corrected chi connectivity index (χ0v) is 8.64. The second-order valence-electron chi connectivity index (χ2n) is 3.72. The minimum atomic E-state index is -1.23. The quantitative estimate of drug-likeness (QED) is 0.598. The van der Waals surface area contributed by atoms with E-state index < -0.39 is 24.6 Å². The van der Waals surface area contributed by atoms with Crippen LogP contribution in [-0.2, 0) is 4.79 Å². The number of nitrogens with one attached hydrogen (secondary N) is 1. The van der Waals surface area contributed by atoms with Gasteiger partial charge in [0.05, 0.1) is 6.61 Å². The minimum absolute atomic E-state index is 0.207. The van der Waals surface area contributed by atoms with Crippen molar-refractivity contribution in [3.8, 4) is 0 Å². The van der Waals surface area contributed by atoms with E-state index in [-0.39, 0.29) is 6.04 Å². The van der Waals surface area contributed by atoms with Crippen molar-refractivity contribution >= 4 is 12.0 Å². The van der Waals surface area contributed by atoms with Gasteiger partial charge in [0.25, 0.3) is 0 Å². The van der Waals surface area contributed by atoms with Crippen molar-refractivity contribution in [3.63, 3.8) is 0 Å². The molecule has 0 heterocycles. The molecule has 3 N–H and O–H groups in total. The summed E-state index contributed by atoms with van der Waals surface area (Å²) >= 11 is 0. The van der Waals surface area contributed by atoms with Gasteiger partial charge in [-0.05, 0) is 19.3 Å². The Morgan fingerprint density at radius 2 is 2.13 bits per heavy atom. The summed E-state index contributed by atoms with van der Waals surface area (Å²) in [6.45, 7) is -0.598. The zero-order valence-electron chi connectivity index (χ0n) is 8.64. The number of hydrogen-bond donors (Lipinski definition) is 3. The van der Waals surface area contributed by atoms with E-state index >= 15 is 0 Å². The van der Waals surface area contributed by atoms with Crippen molar-refractivity contribution in [2.45, 2.75) is 31.3 Å². The highest BCUT2D eigenvalue weighted by Crippen LogP contribution is 2.23. The smallest absolute Gasteiger partial charge is 0.328 e. The highest BCUT2D eigenvalue weighted by molar-refractivity contribution is 5.82. The van der Waals surface area contributed by atoms with Gasteiger partial charge in [-0.15, -0.1) is 0 Å². The molecule has 0 aromatic heterocycles. The van der Waals surface area contributed by atoms with Gasteiger partial charge in [-0.2, -0.15) is 0 Å². The molecule has 1 atom stereocenters. The molecule has 0 aromatic rings.